The fourth-order valence-electron chi connectivity index (χ4n) is 4.96. The van der Waals surface area contributed by atoms with Crippen LogP contribution in [0.4, 0.5) is 0 Å². The van der Waals surface area contributed by atoms with Crippen LogP contribution >= 0.6 is 0 Å². The van der Waals surface area contributed by atoms with Crippen molar-refractivity contribution in [3.05, 3.63) is 71.8 Å². The van der Waals surface area contributed by atoms with Crippen molar-refractivity contribution in [2.75, 3.05) is 0 Å². The van der Waals surface area contributed by atoms with Crippen molar-refractivity contribution in [2.45, 2.75) is 71.7 Å². The summed E-state index contributed by atoms with van der Waals surface area (Å²) in [6.45, 7) is 9.58. The zero-order chi connectivity index (χ0) is 20.5. The van der Waals surface area contributed by atoms with Crippen LogP contribution in [-0.4, -0.2) is 11.7 Å². The minimum Gasteiger partial charge on any atom is -0.489 e. The van der Waals surface area contributed by atoms with Crippen molar-refractivity contribution >= 4 is 5.57 Å². The van der Waals surface area contributed by atoms with Crippen LogP contribution in [0.2, 0.25) is 0 Å². The molecule has 1 saturated carbocycles. The topological polar surface area (TPSA) is 18.5 Å². The monoisotopic (exact) mass is 390 g/mol. The first kappa shape index (κ1) is 20.2. The summed E-state index contributed by atoms with van der Waals surface area (Å²) in [6, 6.07) is 19.0. The van der Waals surface area contributed by atoms with E-state index in [-0.39, 0.29) is 11.0 Å². The Bertz CT molecular complexity index is 844. The highest BCUT2D eigenvalue weighted by molar-refractivity contribution is 5.67. The maximum Gasteiger partial charge on any atom is 0.119 e. The highest BCUT2D eigenvalue weighted by Crippen LogP contribution is 2.54. The van der Waals surface area contributed by atoms with E-state index in [1.807, 2.05) is 18.2 Å². The Morgan fingerprint density at radius 2 is 1.69 bits per heavy atom. The molecule has 0 aliphatic heterocycles. The molecule has 0 amide bonds. The van der Waals surface area contributed by atoms with Crippen LogP contribution in [-0.2, 0) is 11.3 Å². The molecule has 0 aromatic heterocycles. The van der Waals surface area contributed by atoms with Gasteiger partial charge in [0.1, 0.15) is 12.4 Å². The normalized spacial score (nSPS) is 26.7. The number of ether oxygens (including phenoxy) is 2. The van der Waals surface area contributed by atoms with Gasteiger partial charge in [-0.3, -0.25) is 0 Å². The summed E-state index contributed by atoms with van der Waals surface area (Å²) < 4.78 is 12.4. The summed E-state index contributed by atoms with van der Waals surface area (Å²) in [5.74, 6) is 1.64. The molecule has 2 aromatic carbocycles. The van der Waals surface area contributed by atoms with Gasteiger partial charge in [0.15, 0.2) is 0 Å². The fourth-order valence-corrected chi connectivity index (χ4v) is 4.96. The molecule has 154 valence electrons. The highest BCUT2D eigenvalue weighted by Gasteiger charge is 2.49. The van der Waals surface area contributed by atoms with Gasteiger partial charge in [-0.25, -0.2) is 0 Å². The van der Waals surface area contributed by atoms with Crippen LogP contribution in [0.25, 0.3) is 5.57 Å². The minimum atomic E-state index is -0.0673. The minimum absolute atomic E-state index is 0.0673. The third-order valence-electron chi connectivity index (χ3n) is 6.67. The predicted octanol–water partition coefficient (Wildman–Crippen LogP) is 7.04. The maximum atomic E-state index is 6.45. The van der Waals surface area contributed by atoms with Crippen molar-refractivity contribution in [1.29, 1.82) is 0 Å². The molecule has 2 nitrogen and oxygen atoms in total. The second kappa shape index (κ2) is 7.99. The van der Waals surface area contributed by atoms with Gasteiger partial charge in [0.25, 0.3) is 0 Å². The van der Waals surface area contributed by atoms with E-state index in [4.69, 9.17) is 9.47 Å². The zero-order valence-electron chi connectivity index (χ0n) is 18.3. The van der Waals surface area contributed by atoms with E-state index in [1.54, 1.807) is 0 Å². The average Bonchev–Trinajstić information content (AvgIpc) is 3.01. The van der Waals surface area contributed by atoms with Gasteiger partial charge in [-0.05, 0) is 81.2 Å². The van der Waals surface area contributed by atoms with Crippen LogP contribution in [0, 0.1) is 11.3 Å². The van der Waals surface area contributed by atoms with Gasteiger partial charge >= 0.3 is 0 Å². The van der Waals surface area contributed by atoms with E-state index in [0.717, 1.165) is 18.6 Å². The SMILES string of the molecule is CC(C)(C)O[C@H]1CC[C@H]2CC(c3ccc(OCc4ccccc4)cc3)=CC[C@@]21C. The summed E-state index contributed by atoms with van der Waals surface area (Å²) in [6.07, 6.45) is 7.56. The standard InChI is InChI=1S/C27H34O2/c1-26(2,3)29-25-15-12-23-18-22(16-17-27(23,25)4)21-10-13-24(14-11-21)28-19-20-8-6-5-7-9-20/h5-11,13-14,16,23,25H,12,15,17-19H2,1-4H3/t23-,25-,27-/m0/s1. The highest BCUT2D eigenvalue weighted by atomic mass is 16.5. The molecule has 3 atom stereocenters. The molecule has 0 bridgehead atoms. The quantitative estimate of drug-likeness (QED) is 0.545. The Morgan fingerprint density at radius 1 is 0.966 bits per heavy atom. The van der Waals surface area contributed by atoms with E-state index in [1.165, 1.54) is 29.5 Å². The Balaban J connectivity index is 1.41. The van der Waals surface area contributed by atoms with E-state index in [0.29, 0.717) is 18.6 Å². The van der Waals surface area contributed by atoms with Crippen LogP contribution < -0.4 is 4.74 Å². The first-order chi connectivity index (χ1) is 13.8. The molecule has 0 radical (unpaired) electrons. The summed E-state index contributed by atoms with van der Waals surface area (Å²) in [5, 5.41) is 0. The third-order valence-corrected chi connectivity index (χ3v) is 6.67. The molecular formula is C27H34O2. The molecule has 2 aliphatic carbocycles. The van der Waals surface area contributed by atoms with Gasteiger partial charge in [-0.1, -0.05) is 55.5 Å². The fraction of sp³-hybridized carbons (Fsp3) is 0.481. The number of hydrogen-bond acceptors (Lipinski definition) is 2. The van der Waals surface area contributed by atoms with Gasteiger partial charge in [-0.15, -0.1) is 0 Å². The Kier molecular flexibility index (Phi) is 5.57. The van der Waals surface area contributed by atoms with Crippen molar-refractivity contribution in [2.24, 2.45) is 11.3 Å². The molecule has 2 aromatic rings. The lowest BCUT2D eigenvalue weighted by atomic mass is 9.68. The predicted molar refractivity (Wildman–Crippen MR) is 120 cm³/mol. The molecule has 0 unspecified atom stereocenters. The molecule has 0 N–H and O–H groups in total. The van der Waals surface area contributed by atoms with Gasteiger partial charge in [0, 0.05) is 5.41 Å². The molecule has 4 rings (SSSR count). The molecule has 29 heavy (non-hydrogen) atoms. The Hall–Kier alpha value is -2.06. The van der Waals surface area contributed by atoms with E-state index >= 15 is 0 Å². The molecule has 2 heteroatoms. The summed E-state index contributed by atoms with van der Waals surface area (Å²) in [7, 11) is 0. The molecular weight excluding hydrogens is 356 g/mol. The first-order valence-corrected chi connectivity index (χ1v) is 11.0. The lowest BCUT2D eigenvalue weighted by molar-refractivity contribution is -0.108. The number of benzene rings is 2. The molecule has 1 fully saturated rings. The summed E-state index contributed by atoms with van der Waals surface area (Å²) in [4.78, 5) is 0. The van der Waals surface area contributed by atoms with Crippen LogP contribution in [0.15, 0.2) is 60.7 Å². The van der Waals surface area contributed by atoms with Gasteiger partial charge in [0.2, 0.25) is 0 Å². The lowest BCUT2D eigenvalue weighted by Gasteiger charge is -2.42. The van der Waals surface area contributed by atoms with Crippen molar-refractivity contribution in [3.8, 4) is 5.75 Å². The smallest absolute Gasteiger partial charge is 0.119 e. The van der Waals surface area contributed by atoms with E-state index in [2.05, 4.69) is 70.2 Å². The van der Waals surface area contributed by atoms with Crippen LogP contribution in [0.1, 0.15) is 64.5 Å². The Morgan fingerprint density at radius 3 is 2.38 bits per heavy atom. The largest absolute Gasteiger partial charge is 0.489 e. The zero-order valence-corrected chi connectivity index (χ0v) is 18.3. The number of hydrogen-bond donors (Lipinski definition) is 0. The van der Waals surface area contributed by atoms with Crippen LogP contribution in [0.5, 0.6) is 5.75 Å². The summed E-state index contributed by atoms with van der Waals surface area (Å²) in [5.41, 5.74) is 4.22. The average molecular weight is 391 g/mol. The molecule has 0 spiro atoms. The summed E-state index contributed by atoms with van der Waals surface area (Å²) >= 11 is 0. The lowest BCUT2D eigenvalue weighted by Crippen LogP contribution is -2.40. The van der Waals surface area contributed by atoms with Crippen molar-refractivity contribution in [1.82, 2.24) is 0 Å². The van der Waals surface area contributed by atoms with Gasteiger partial charge in [-0.2, -0.15) is 0 Å². The molecule has 0 heterocycles. The van der Waals surface area contributed by atoms with Gasteiger partial charge < -0.3 is 9.47 Å². The van der Waals surface area contributed by atoms with Gasteiger partial charge in [0.05, 0.1) is 11.7 Å². The van der Waals surface area contributed by atoms with E-state index < -0.39 is 0 Å². The second-order valence-electron chi connectivity index (χ2n) is 9.94. The van der Waals surface area contributed by atoms with Crippen LogP contribution in [0.3, 0.4) is 0 Å². The number of rotatable bonds is 5. The third kappa shape index (κ3) is 4.59. The molecule has 0 saturated heterocycles. The first-order valence-electron chi connectivity index (χ1n) is 11.0. The van der Waals surface area contributed by atoms with E-state index in [9.17, 15) is 0 Å². The maximum absolute atomic E-state index is 6.45. The Labute approximate surface area is 175 Å². The van der Waals surface area contributed by atoms with Crippen molar-refractivity contribution < 1.29 is 9.47 Å². The van der Waals surface area contributed by atoms with Crippen molar-refractivity contribution in [3.63, 3.8) is 0 Å². The number of allylic oxidation sites excluding steroid dienone is 2. The second-order valence-corrected chi connectivity index (χ2v) is 9.94. The number of fused-ring (bicyclic) bond motifs is 1. The molecule has 2 aliphatic rings.